The number of aliphatic hydroxyl groups excluding tert-OH is 1. The van der Waals surface area contributed by atoms with E-state index in [2.05, 4.69) is 22.0 Å². The van der Waals surface area contributed by atoms with Crippen LogP contribution in [0.15, 0.2) is 22.7 Å². The van der Waals surface area contributed by atoms with E-state index in [1.165, 1.54) is 10.5 Å². The maximum atomic E-state index is 8.97. The van der Waals surface area contributed by atoms with E-state index in [0.717, 1.165) is 49.5 Å². The minimum atomic E-state index is 0.296. The van der Waals surface area contributed by atoms with Crippen molar-refractivity contribution in [2.45, 2.75) is 6.54 Å². The number of halogens is 1. The molecule has 1 fully saturated rings. The van der Waals surface area contributed by atoms with Gasteiger partial charge in [-0.15, -0.1) is 0 Å². The summed E-state index contributed by atoms with van der Waals surface area (Å²) in [5.74, 6) is 0.973. The van der Waals surface area contributed by atoms with Crippen molar-refractivity contribution in [2.75, 3.05) is 46.4 Å². The minimum absolute atomic E-state index is 0.296. The Labute approximate surface area is 123 Å². The second-order valence-electron chi connectivity index (χ2n) is 5.11. The quantitative estimate of drug-likeness (QED) is 0.630. The zero-order valence-electron chi connectivity index (χ0n) is 11.4. The predicted molar refractivity (Wildman–Crippen MR) is 77.7 cm³/mol. The summed E-state index contributed by atoms with van der Waals surface area (Å²) in [5.41, 5.74) is 1.26. The molecule has 1 heterocycles. The third kappa shape index (κ3) is 4.18. The van der Waals surface area contributed by atoms with Gasteiger partial charge in [0.1, 0.15) is 45.0 Å². The number of methoxy groups -OCH3 is 1. The smallest absolute Gasteiger partial charge is 0.127 e. The van der Waals surface area contributed by atoms with Gasteiger partial charge in [0.05, 0.1) is 13.7 Å². The lowest BCUT2D eigenvalue weighted by Gasteiger charge is -2.29. The summed E-state index contributed by atoms with van der Waals surface area (Å²) in [7, 11) is 1.73. The number of aliphatic hydroxyl groups is 1. The van der Waals surface area contributed by atoms with E-state index < -0.39 is 0 Å². The van der Waals surface area contributed by atoms with Crippen molar-refractivity contribution in [3.8, 4) is 5.75 Å². The Balaban J connectivity index is 1.93. The van der Waals surface area contributed by atoms with E-state index in [0.29, 0.717) is 6.61 Å². The molecule has 0 unspecified atom stereocenters. The van der Waals surface area contributed by atoms with E-state index in [4.69, 9.17) is 9.84 Å². The van der Waals surface area contributed by atoms with Crippen molar-refractivity contribution in [1.29, 1.82) is 0 Å². The first kappa shape index (κ1) is 14.8. The van der Waals surface area contributed by atoms with Crippen LogP contribution in [0, 0.1) is 0 Å². The Kier molecular flexibility index (Phi) is 5.63. The monoisotopic (exact) mass is 330 g/mol. The topological polar surface area (TPSA) is 38.3 Å². The van der Waals surface area contributed by atoms with Crippen molar-refractivity contribution in [3.63, 3.8) is 0 Å². The second kappa shape index (κ2) is 7.24. The van der Waals surface area contributed by atoms with Crippen LogP contribution in [0.3, 0.4) is 0 Å². The van der Waals surface area contributed by atoms with E-state index in [-0.39, 0.29) is 0 Å². The Hall–Kier alpha value is -0.620. The van der Waals surface area contributed by atoms with Crippen molar-refractivity contribution in [3.05, 3.63) is 28.2 Å². The van der Waals surface area contributed by atoms with Crippen LogP contribution in [0.2, 0.25) is 0 Å². The fourth-order valence-corrected chi connectivity index (χ4v) is 3.11. The molecule has 1 saturated heterocycles. The molecule has 0 atom stereocenters. The zero-order valence-corrected chi connectivity index (χ0v) is 13.0. The first-order valence-electron chi connectivity index (χ1n) is 6.83. The van der Waals surface area contributed by atoms with Gasteiger partial charge in [-0.1, -0.05) is 15.9 Å². The molecule has 1 aliphatic rings. The van der Waals surface area contributed by atoms with Gasteiger partial charge in [0, 0.05) is 10.0 Å². The van der Waals surface area contributed by atoms with Gasteiger partial charge in [-0.2, -0.15) is 0 Å². The van der Waals surface area contributed by atoms with Gasteiger partial charge in [-0.05, 0) is 18.2 Å². The summed E-state index contributed by atoms with van der Waals surface area (Å²) >= 11 is 3.52. The van der Waals surface area contributed by atoms with Crippen molar-refractivity contribution < 1.29 is 19.6 Å². The highest BCUT2D eigenvalue weighted by Gasteiger charge is 2.23. The maximum Gasteiger partial charge on any atom is 0.127 e. The molecule has 0 aromatic heterocycles. The SMILES string of the molecule is COc1ccc(Br)cc1C[NH+]1CC[NH+](CCO)CC1. The van der Waals surface area contributed by atoms with Crippen LogP contribution in [0.5, 0.6) is 5.75 Å². The maximum absolute atomic E-state index is 8.97. The second-order valence-corrected chi connectivity index (χ2v) is 6.02. The molecule has 1 aromatic carbocycles. The summed E-state index contributed by atoms with van der Waals surface area (Å²) in [6.07, 6.45) is 0. The number of piperazine rings is 1. The van der Waals surface area contributed by atoms with Gasteiger partial charge in [0.15, 0.2) is 0 Å². The molecule has 0 bridgehead atoms. The van der Waals surface area contributed by atoms with Crippen LogP contribution in [-0.2, 0) is 6.54 Å². The number of ether oxygens (including phenoxy) is 1. The molecule has 1 aliphatic heterocycles. The molecule has 5 heteroatoms. The van der Waals surface area contributed by atoms with Crippen LogP contribution in [0.1, 0.15) is 5.56 Å². The summed E-state index contributed by atoms with van der Waals surface area (Å²) in [6.45, 7) is 6.79. The standard InChI is InChI=1S/C14H21BrN2O2/c1-19-14-3-2-13(15)10-12(14)11-17-6-4-16(5-7-17)8-9-18/h2-3,10,18H,4-9,11H2,1H3/p+2. The molecule has 0 spiro atoms. The Morgan fingerprint density at radius 2 is 1.89 bits per heavy atom. The van der Waals surface area contributed by atoms with Gasteiger partial charge in [-0.3, -0.25) is 0 Å². The normalized spacial score (nSPS) is 23.3. The van der Waals surface area contributed by atoms with E-state index in [9.17, 15) is 0 Å². The fourth-order valence-electron chi connectivity index (χ4n) is 2.70. The number of hydrogen-bond acceptors (Lipinski definition) is 2. The summed E-state index contributed by atoms with van der Waals surface area (Å²) in [4.78, 5) is 3.12. The lowest BCUT2D eigenvalue weighted by Crippen LogP contribution is -3.27. The summed E-state index contributed by atoms with van der Waals surface area (Å²) in [6, 6.07) is 6.19. The molecule has 2 rings (SSSR count). The van der Waals surface area contributed by atoms with Gasteiger partial charge >= 0.3 is 0 Å². The minimum Gasteiger partial charge on any atom is -0.496 e. The first-order chi connectivity index (χ1) is 9.22. The summed E-state index contributed by atoms with van der Waals surface area (Å²) in [5, 5.41) is 8.97. The third-order valence-corrected chi connectivity index (χ3v) is 4.31. The van der Waals surface area contributed by atoms with Crippen LogP contribution < -0.4 is 14.5 Å². The first-order valence-corrected chi connectivity index (χ1v) is 7.62. The molecular weight excluding hydrogens is 308 g/mol. The summed E-state index contributed by atoms with van der Waals surface area (Å²) < 4.78 is 6.53. The molecule has 3 N–H and O–H groups in total. The third-order valence-electron chi connectivity index (χ3n) is 3.81. The van der Waals surface area contributed by atoms with Gasteiger partial charge in [0.2, 0.25) is 0 Å². The van der Waals surface area contributed by atoms with E-state index >= 15 is 0 Å². The Bertz CT molecular complexity index is 406. The van der Waals surface area contributed by atoms with Crippen LogP contribution in [0.4, 0.5) is 0 Å². The Morgan fingerprint density at radius 3 is 2.53 bits per heavy atom. The van der Waals surface area contributed by atoms with Crippen LogP contribution >= 0.6 is 15.9 Å². The van der Waals surface area contributed by atoms with Gasteiger partial charge < -0.3 is 19.6 Å². The molecule has 106 valence electrons. The van der Waals surface area contributed by atoms with E-state index in [1.807, 2.05) is 12.1 Å². The molecule has 19 heavy (non-hydrogen) atoms. The van der Waals surface area contributed by atoms with Crippen molar-refractivity contribution >= 4 is 15.9 Å². The molecule has 0 aliphatic carbocycles. The largest absolute Gasteiger partial charge is 0.496 e. The molecule has 0 amide bonds. The van der Waals surface area contributed by atoms with Crippen LogP contribution in [0.25, 0.3) is 0 Å². The van der Waals surface area contributed by atoms with Crippen molar-refractivity contribution in [2.24, 2.45) is 0 Å². The highest BCUT2D eigenvalue weighted by atomic mass is 79.9. The Morgan fingerprint density at radius 1 is 1.21 bits per heavy atom. The molecule has 0 saturated carbocycles. The van der Waals surface area contributed by atoms with Crippen LogP contribution in [-0.4, -0.2) is 51.5 Å². The number of hydrogen-bond donors (Lipinski definition) is 3. The number of rotatable bonds is 5. The average Bonchev–Trinajstić information content (AvgIpc) is 2.42. The number of nitrogens with one attached hydrogen (secondary N) is 2. The average molecular weight is 331 g/mol. The lowest BCUT2D eigenvalue weighted by atomic mass is 10.1. The van der Waals surface area contributed by atoms with Gasteiger partial charge in [0.25, 0.3) is 0 Å². The fraction of sp³-hybridized carbons (Fsp3) is 0.571. The van der Waals surface area contributed by atoms with Gasteiger partial charge in [-0.25, -0.2) is 0 Å². The van der Waals surface area contributed by atoms with Crippen molar-refractivity contribution in [1.82, 2.24) is 0 Å². The molecular formula is C14H23BrN2O2+2. The number of benzene rings is 1. The molecule has 1 aromatic rings. The molecule has 0 radical (unpaired) electrons. The highest BCUT2D eigenvalue weighted by molar-refractivity contribution is 9.10. The number of quaternary nitrogens is 2. The predicted octanol–water partition coefficient (Wildman–Crippen LogP) is -1.27. The van der Waals surface area contributed by atoms with E-state index in [1.54, 1.807) is 12.0 Å². The zero-order chi connectivity index (χ0) is 13.7. The highest BCUT2D eigenvalue weighted by Crippen LogP contribution is 2.22. The lowest BCUT2D eigenvalue weighted by molar-refractivity contribution is -1.02. The molecule has 4 nitrogen and oxygen atoms in total.